The fourth-order valence-electron chi connectivity index (χ4n) is 1.43. The van der Waals surface area contributed by atoms with Crippen molar-refractivity contribution in [2.24, 2.45) is 0 Å². The van der Waals surface area contributed by atoms with Gasteiger partial charge in [0.05, 0.1) is 0 Å². The summed E-state index contributed by atoms with van der Waals surface area (Å²) in [5.41, 5.74) is 0. The molecule has 2 rings (SSSR count). The van der Waals surface area contributed by atoms with Crippen LogP contribution < -0.4 is 5.32 Å². The quantitative estimate of drug-likeness (QED) is 0.545. The molecule has 0 amide bonds. The van der Waals surface area contributed by atoms with Crippen LogP contribution in [0, 0.1) is 0 Å². The minimum Gasteiger partial charge on any atom is -0.367 e. The van der Waals surface area contributed by atoms with E-state index in [2.05, 4.69) is 34.0 Å². The Morgan fingerprint density at radius 3 is 3.36 bits per heavy atom. The lowest BCUT2D eigenvalue weighted by Crippen LogP contribution is -2.32. The number of halogens is 1. The summed E-state index contributed by atoms with van der Waals surface area (Å²) >= 11 is 9.33. The monoisotopic (exact) mass is 297 g/mol. The van der Waals surface area contributed by atoms with Gasteiger partial charge in [-0.3, -0.25) is 0 Å². The van der Waals surface area contributed by atoms with Gasteiger partial charge < -0.3 is 5.32 Å². The maximum atomic E-state index is 5.10. The second-order valence-electron chi connectivity index (χ2n) is 2.79. The molecule has 1 N–H and O–H groups in total. The van der Waals surface area contributed by atoms with E-state index in [1.807, 2.05) is 11.8 Å². The third-order valence-corrected chi connectivity index (χ3v) is 4.44. The standard InChI is InChI=1S/C7H8INS2/c8-4-1-2-6-5(3-4)9-7(10)11-6/h1,5-6H,2-3H2,(H,9,10). The molecule has 0 aromatic carbocycles. The largest absolute Gasteiger partial charge is 0.367 e. The van der Waals surface area contributed by atoms with Crippen LogP contribution in [0.4, 0.5) is 0 Å². The van der Waals surface area contributed by atoms with Crippen molar-refractivity contribution in [1.82, 2.24) is 5.32 Å². The van der Waals surface area contributed by atoms with Gasteiger partial charge in [-0.05, 0) is 39.0 Å². The van der Waals surface area contributed by atoms with Crippen LogP contribution in [-0.4, -0.2) is 15.6 Å². The van der Waals surface area contributed by atoms with Crippen molar-refractivity contribution in [2.75, 3.05) is 0 Å². The molecule has 1 nitrogen and oxygen atoms in total. The van der Waals surface area contributed by atoms with Gasteiger partial charge in [0.1, 0.15) is 4.32 Å². The molecule has 60 valence electrons. The second kappa shape index (κ2) is 3.22. The summed E-state index contributed by atoms with van der Waals surface area (Å²) in [5, 5.41) is 4.04. The van der Waals surface area contributed by atoms with Gasteiger partial charge in [0.15, 0.2) is 0 Å². The number of thioether (sulfide) groups is 1. The first-order valence-electron chi connectivity index (χ1n) is 3.57. The molecule has 1 fully saturated rings. The van der Waals surface area contributed by atoms with Gasteiger partial charge in [0.2, 0.25) is 0 Å². The van der Waals surface area contributed by atoms with Gasteiger partial charge >= 0.3 is 0 Å². The van der Waals surface area contributed by atoms with Crippen molar-refractivity contribution >= 4 is 50.9 Å². The summed E-state index contributed by atoms with van der Waals surface area (Å²) in [6, 6.07) is 0.615. The average molecular weight is 297 g/mol. The zero-order valence-electron chi connectivity index (χ0n) is 5.84. The molecule has 1 saturated heterocycles. The molecule has 0 aromatic heterocycles. The number of hydrogen-bond acceptors (Lipinski definition) is 2. The molecule has 1 aliphatic heterocycles. The van der Waals surface area contributed by atoms with Crippen LogP contribution in [0.15, 0.2) is 9.66 Å². The Bertz CT molecular complexity index is 226. The van der Waals surface area contributed by atoms with Crippen molar-refractivity contribution in [3.8, 4) is 0 Å². The zero-order valence-corrected chi connectivity index (χ0v) is 9.63. The van der Waals surface area contributed by atoms with Crippen LogP contribution in [0.25, 0.3) is 0 Å². The summed E-state index contributed by atoms with van der Waals surface area (Å²) in [5.74, 6) is 0. The maximum absolute atomic E-state index is 5.10. The fraction of sp³-hybridized carbons (Fsp3) is 0.571. The second-order valence-corrected chi connectivity index (χ2v) is 6.09. The first-order chi connectivity index (χ1) is 5.25. The number of hydrogen-bond donors (Lipinski definition) is 1. The molecule has 1 aliphatic carbocycles. The maximum Gasteiger partial charge on any atom is 0.134 e. The molecule has 0 spiro atoms. The average Bonchev–Trinajstić information content (AvgIpc) is 2.27. The van der Waals surface area contributed by atoms with Crippen molar-refractivity contribution in [3.05, 3.63) is 9.66 Å². The van der Waals surface area contributed by atoms with Gasteiger partial charge in [-0.1, -0.05) is 30.1 Å². The molecule has 11 heavy (non-hydrogen) atoms. The Kier molecular flexibility index (Phi) is 2.43. The Hall–Kier alpha value is 0.710. The van der Waals surface area contributed by atoms with E-state index in [-0.39, 0.29) is 0 Å². The summed E-state index contributed by atoms with van der Waals surface area (Å²) in [6.07, 6.45) is 4.67. The van der Waals surface area contributed by atoms with Crippen LogP contribution in [0.5, 0.6) is 0 Å². The molecule has 2 unspecified atom stereocenters. The van der Waals surface area contributed by atoms with E-state index in [0.29, 0.717) is 11.3 Å². The highest BCUT2D eigenvalue weighted by atomic mass is 127. The van der Waals surface area contributed by atoms with Gasteiger partial charge in [-0.15, -0.1) is 0 Å². The summed E-state index contributed by atoms with van der Waals surface area (Å²) in [6.45, 7) is 0. The summed E-state index contributed by atoms with van der Waals surface area (Å²) in [4.78, 5) is 0. The van der Waals surface area contributed by atoms with Gasteiger partial charge in [0, 0.05) is 11.3 Å². The van der Waals surface area contributed by atoms with E-state index >= 15 is 0 Å². The van der Waals surface area contributed by atoms with E-state index in [1.54, 1.807) is 0 Å². The molecule has 0 aromatic rings. The lowest BCUT2D eigenvalue weighted by molar-refractivity contribution is 0.585. The van der Waals surface area contributed by atoms with Crippen LogP contribution in [-0.2, 0) is 0 Å². The van der Waals surface area contributed by atoms with Crippen LogP contribution in [0.1, 0.15) is 12.8 Å². The Morgan fingerprint density at radius 1 is 1.73 bits per heavy atom. The lowest BCUT2D eigenvalue weighted by Gasteiger charge is -2.20. The van der Waals surface area contributed by atoms with E-state index in [9.17, 15) is 0 Å². The third-order valence-electron chi connectivity index (χ3n) is 2.00. The molecule has 1 heterocycles. The summed E-state index contributed by atoms with van der Waals surface area (Å²) in [7, 11) is 0. The molecule has 0 bridgehead atoms. The number of rotatable bonds is 0. The lowest BCUT2D eigenvalue weighted by atomic mass is 10.0. The Morgan fingerprint density at radius 2 is 2.55 bits per heavy atom. The van der Waals surface area contributed by atoms with Crippen molar-refractivity contribution < 1.29 is 0 Å². The molecule has 0 radical (unpaired) electrons. The minimum atomic E-state index is 0.615. The Balaban J connectivity index is 2.12. The number of nitrogens with one attached hydrogen (secondary N) is 1. The third kappa shape index (κ3) is 1.72. The van der Waals surface area contributed by atoms with E-state index in [1.165, 1.54) is 16.4 Å². The molecule has 4 heteroatoms. The smallest absolute Gasteiger partial charge is 0.134 e. The molecular weight excluding hydrogens is 289 g/mol. The van der Waals surface area contributed by atoms with E-state index in [0.717, 1.165) is 4.32 Å². The predicted octanol–water partition coefficient (Wildman–Crippen LogP) is 2.46. The topological polar surface area (TPSA) is 12.0 Å². The Labute approximate surface area is 89.5 Å². The van der Waals surface area contributed by atoms with Crippen LogP contribution in [0.2, 0.25) is 0 Å². The van der Waals surface area contributed by atoms with Crippen LogP contribution >= 0.6 is 46.6 Å². The number of fused-ring (bicyclic) bond motifs is 1. The van der Waals surface area contributed by atoms with Crippen molar-refractivity contribution in [1.29, 1.82) is 0 Å². The minimum absolute atomic E-state index is 0.615. The van der Waals surface area contributed by atoms with E-state index in [4.69, 9.17) is 12.2 Å². The predicted molar refractivity (Wildman–Crippen MR) is 62.2 cm³/mol. The van der Waals surface area contributed by atoms with E-state index < -0.39 is 0 Å². The molecule has 2 atom stereocenters. The summed E-state index contributed by atoms with van der Waals surface area (Å²) < 4.78 is 2.46. The molecule has 0 saturated carbocycles. The van der Waals surface area contributed by atoms with Crippen molar-refractivity contribution in [2.45, 2.75) is 24.1 Å². The number of thiocarbonyl (C=S) groups is 1. The normalized spacial score (nSPS) is 36.1. The first-order valence-corrected chi connectivity index (χ1v) is 5.94. The van der Waals surface area contributed by atoms with Crippen molar-refractivity contribution in [3.63, 3.8) is 0 Å². The van der Waals surface area contributed by atoms with Gasteiger partial charge in [-0.25, -0.2) is 0 Å². The van der Waals surface area contributed by atoms with Gasteiger partial charge in [0.25, 0.3) is 0 Å². The SMILES string of the molecule is S=C1NC2CC(I)=CCC2S1. The fourth-order valence-corrected chi connectivity index (χ4v) is 3.70. The highest BCUT2D eigenvalue weighted by Crippen LogP contribution is 2.35. The number of allylic oxidation sites excluding steroid dienone is 1. The highest BCUT2D eigenvalue weighted by molar-refractivity contribution is 14.1. The molecular formula is C7H8INS2. The first kappa shape index (κ1) is 8.31. The van der Waals surface area contributed by atoms with Gasteiger partial charge in [-0.2, -0.15) is 0 Å². The highest BCUT2D eigenvalue weighted by Gasteiger charge is 2.32. The zero-order chi connectivity index (χ0) is 7.84. The molecule has 2 aliphatic rings. The van der Waals surface area contributed by atoms with Crippen LogP contribution in [0.3, 0.4) is 0 Å².